The van der Waals surface area contributed by atoms with Crippen molar-refractivity contribution in [2.75, 3.05) is 26.8 Å². The Kier molecular flexibility index (Phi) is 5.16. The fraction of sp³-hybridized carbons (Fsp3) is 0.421. The van der Waals surface area contributed by atoms with Crippen molar-refractivity contribution in [1.82, 2.24) is 29.0 Å². The van der Waals surface area contributed by atoms with Crippen LogP contribution in [0, 0.1) is 0 Å². The van der Waals surface area contributed by atoms with Crippen LogP contribution in [0.15, 0.2) is 41.7 Å². The Bertz CT molecular complexity index is 1030. The van der Waals surface area contributed by atoms with E-state index >= 15 is 0 Å². The lowest BCUT2D eigenvalue weighted by molar-refractivity contribution is 0.0672. The Labute approximate surface area is 161 Å². The van der Waals surface area contributed by atoms with Crippen LogP contribution in [0.1, 0.15) is 29.4 Å². The lowest BCUT2D eigenvalue weighted by atomic mass is 10.1. The fourth-order valence-corrected chi connectivity index (χ4v) is 3.76. The standard InChI is InChI=1S/C19H22N6O3/c1-28-11-10-24-16-5-2-6-22-17(16)25(19(24)27)14-4-3-9-23(13-14)18(26)15-12-20-7-8-21-15/h2,5-8,12,14H,3-4,9-11,13H2,1H3/t14-/m0/s1. The number of pyridine rings is 1. The Morgan fingerprint density at radius 1 is 1.29 bits per heavy atom. The highest BCUT2D eigenvalue weighted by molar-refractivity contribution is 5.92. The zero-order valence-corrected chi connectivity index (χ0v) is 15.7. The summed E-state index contributed by atoms with van der Waals surface area (Å²) in [7, 11) is 1.61. The van der Waals surface area contributed by atoms with Crippen LogP contribution in [0.4, 0.5) is 0 Å². The molecule has 3 aromatic rings. The summed E-state index contributed by atoms with van der Waals surface area (Å²) in [6, 6.07) is 3.57. The molecule has 1 fully saturated rings. The first kappa shape index (κ1) is 18.3. The first-order valence-corrected chi connectivity index (χ1v) is 9.30. The van der Waals surface area contributed by atoms with Crippen LogP contribution < -0.4 is 5.69 Å². The SMILES string of the molecule is COCCn1c(=O)n([C@H]2CCCN(C(=O)c3cnccn3)C2)c2ncccc21. The van der Waals surface area contributed by atoms with Gasteiger partial charge in [-0.25, -0.2) is 14.8 Å². The van der Waals surface area contributed by atoms with Gasteiger partial charge in [-0.2, -0.15) is 0 Å². The van der Waals surface area contributed by atoms with E-state index in [1.165, 1.54) is 18.6 Å². The Morgan fingerprint density at radius 2 is 2.18 bits per heavy atom. The largest absolute Gasteiger partial charge is 0.383 e. The van der Waals surface area contributed by atoms with Gasteiger partial charge in [-0.15, -0.1) is 0 Å². The molecule has 1 atom stereocenters. The molecule has 1 aliphatic rings. The van der Waals surface area contributed by atoms with Crippen LogP contribution in [0.25, 0.3) is 11.2 Å². The molecule has 0 saturated carbocycles. The lowest BCUT2D eigenvalue weighted by Crippen LogP contribution is -2.43. The number of likely N-dealkylation sites (tertiary alicyclic amines) is 1. The average Bonchev–Trinajstić information content (AvgIpc) is 3.03. The number of hydrogen-bond donors (Lipinski definition) is 0. The van der Waals surface area contributed by atoms with Gasteiger partial charge in [0.1, 0.15) is 5.69 Å². The first-order valence-electron chi connectivity index (χ1n) is 9.30. The highest BCUT2D eigenvalue weighted by Gasteiger charge is 2.29. The summed E-state index contributed by atoms with van der Waals surface area (Å²) in [5.41, 5.74) is 1.62. The third kappa shape index (κ3) is 3.29. The van der Waals surface area contributed by atoms with E-state index in [0.717, 1.165) is 18.4 Å². The van der Waals surface area contributed by atoms with Crippen LogP contribution in [0.3, 0.4) is 0 Å². The number of ether oxygens (including phenoxy) is 1. The molecule has 9 heteroatoms. The number of imidazole rings is 1. The molecule has 0 unspecified atom stereocenters. The number of carbonyl (C=O) groups is 1. The third-order valence-electron chi connectivity index (χ3n) is 5.07. The van der Waals surface area contributed by atoms with Crippen molar-refractivity contribution in [2.24, 2.45) is 0 Å². The molecule has 3 aromatic heterocycles. The van der Waals surface area contributed by atoms with Gasteiger partial charge in [-0.3, -0.25) is 18.9 Å². The molecule has 0 radical (unpaired) electrons. The number of rotatable bonds is 5. The van der Waals surface area contributed by atoms with Gasteiger partial charge < -0.3 is 9.64 Å². The summed E-state index contributed by atoms with van der Waals surface area (Å²) in [6.45, 7) is 1.97. The van der Waals surface area contributed by atoms with E-state index in [-0.39, 0.29) is 17.6 Å². The van der Waals surface area contributed by atoms with Crippen LogP contribution in [0.2, 0.25) is 0 Å². The summed E-state index contributed by atoms with van der Waals surface area (Å²) in [4.78, 5) is 40.2. The number of nitrogens with zero attached hydrogens (tertiary/aromatic N) is 6. The minimum atomic E-state index is -0.165. The Balaban J connectivity index is 1.67. The van der Waals surface area contributed by atoms with E-state index in [2.05, 4.69) is 15.0 Å². The summed E-state index contributed by atoms with van der Waals surface area (Å²) in [5.74, 6) is -0.165. The minimum Gasteiger partial charge on any atom is -0.383 e. The quantitative estimate of drug-likeness (QED) is 0.656. The van der Waals surface area contributed by atoms with Crippen molar-refractivity contribution < 1.29 is 9.53 Å². The van der Waals surface area contributed by atoms with Crippen LogP contribution in [0.5, 0.6) is 0 Å². The van der Waals surface area contributed by atoms with Crippen molar-refractivity contribution in [2.45, 2.75) is 25.4 Å². The van der Waals surface area contributed by atoms with Gasteiger partial charge in [0.2, 0.25) is 0 Å². The van der Waals surface area contributed by atoms with Crippen molar-refractivity contribution in [3.63, 3.8) is 0 Å². The molecule has 0 aromatic carbocycles. The van der Waals surface area contributed by atoms with Gasteiger partial charge in [0.05, 0.1) is 30.9 Å². The molecule has 9 nitrogen and oxygen atoms in total. The summed E-state index contributed by atoms with van der Waals surface area (Å²) < 4.78 is 8.56. The molecule has 0 aliphatic carbocycles. The molecule has 4 rings (SSSR count). The van der Waals surface area contributed by atoms with Crippen LogP contribution >= 0.6 is 0 Å². The molecule has 4 heterocycles. The molecule has 1 saturated heterocycles. The van der Waals surface area contributed by atoms with E-state index in [9.17, 15) is 9.59 Å². The van der Waals surface area contributed by atoms with Crippen molar-refractivity contribution >= 4 is 17.1 Å². The molecule has 1 aliphatic heterocycles. The normalized spacial score (nSPS) is 17.2. The molecule has 0 spiro atoms. The zero-order valence-electron chi connectivity index (χ0n) is 15.7. The smallest absolute Gasteiger partial charge is 0.330 e. The number of piperidine rings is 1. The lowest BCUT2D eigenvalue weighted by Gasteiger charge is -2.32. The molecule has 146 valence electrons. The molecule has 28 heavy (non-hydrogen) atoms. The van der Waals surface area contributed by atoms with E-state index in [1.54, 1.807) is 27.3 Å². The number of hydrogen-bond acceptors (Lipinski definition) is 6. The third-order valence-corrected chi connectivity index (χ3v) is 5.07. The van der Waals surface area contributed by atoms with Crippen LogP contribution in [-0.2, 0) is 11.3 Å². The molecular weight excluding hydrogens is 360 g/mol. The highest BCUT2D eigenvalue weighted by atomic mass is 16.5. The monoisotopic (exact) mass is 382 g/mol. The maximum atomic E-state index is 13.1. The second-order valence-electron chi connectivity index (χ2n) is 6.78. The van der Waals surface area contributed by atoms with E-state index in [1.807, 2.05) is 12.1 Å². The molecule has 0 N–H and O–H groups in total. The number of carbonyl (C=O) groups excluding carboxylic acids is 1. The van der Waals surface area contributed by atoms with Crippen molar-refractivity contribution in [3.8, 4) is 0 Å². The summed E-state index contributed by atoms with van der Waals surface area (Å²) in [6.07, 6.45) is 7.81. The van der Waals surface area contributed by atoms with E-state index in [4.69, 9.17) is 4.74 Å². The summed E-state index contributed by atoms with van der Waals surface area (Å²) >= 11 is 0. The van der Waals surface area contributed by atoms with Crippen molar-refractivity contribution in [3.05, 3.63) is 53.1 Å². The van der Waals surface area contributed by atoms with Crippen molar-refractivity contribution in [1.29, 1.82) is 0 Å². The topological polar surface area (TPSA) is 95.1 Å². The van der Waals surface area contributed by atoms with Gasteiger partial charge >= 0.3 is 5.69 Å². The predicted octanol–water partition coefficient (Wildman–Crippen LogP) is 1.11. The Morgan fingerprint density at radius 3 is 2.96 bits per heavy atom. The molecular formula is C19H22N6O3. The second-order valence-corrected chi connectivity index (χ2v) is 6.78. The van der Waals surface area contributed by atoms with Gasteiger partial charge in [0, 0.05) is 38.8 Å². The first-order chi connectivity index (χ1) is 13.7. The van der Waals surface area contributed by atoms with E-state index in [0.29, 0.717) is 37.6 Å². The average molecular weight is 382 g/mol. The number of amides is 1. The second kappa shape index (κ2) is 7.89. The zero-order chi connectivity index (χ0) is 19.5. The molecule has 0 bridgehead atoms. The van der Waals surface area contributed by atoms with Gasteiger partial charge in [-0.05, 0) is 25.0 Å². The van der Waals surface area contributed by atoms with E-state index < -0.39 is 0 Å². The number of aromatic nitrogens is 5. The number of fused-ring (bicyclic) bond motifs is 1. The highest BCUT2D eigenvalue weighted by Crippen LogP contribution is 2.24. The Hall–Kier alpha value is -3.07. The predicted molar refractivity (Wildman–Crippen MR) is 102 cm³/mol. The fourth-order valence-electron chi connectivity index (χ4n) is 3.76. The van der Waals surface area contributed by atoms with Gasteiger partial charge in [0.25, 0.3) is 5.91 Å². The number of methoxy groups -OCH3 is 1. The maximum Gasteiger partial charge on any atom is 0.330 e. The maximum absolute atomic E-state index is 13.1. The van der Waals surface area contributed by atoms with Gasteiger partial charge in [-0.1, -0.05) is 0 Å². The van der Waals surface area contributed by atoms with Crippen LogP contribution in [-0.4, -0.2) is 61.7 Å². The summed E-state index contributed by atoms with van der Waals surface area (Å²) in [5, 5.41) is 0. The molecule has 1 amide bonds. The van der Waals surface area contributed by atoms with Gasteiger partial charge in [0.15, 0.2) is 5.65 Å². The minimum absolute atomic E-state index is 0.121.